The maximum atomic E-state index is 12.4. The van der Waals surface area contributed by atoms with Crippen LogP contribution in [0.25, 0.3) is 0 Å². The molecule has 1 aliphatic heterocycles. The number of fused-ring (bicyclic) bond motifs is 1. The summed E-state index contributed by atoms with van der Waals surface area (Å²) in [5.41, 5.74) is 4.70. The Balaban J connectivity index is 1.52. The fourth-order valence-corrected chi connectivity index (χ4v) is 3.45. The third-order valence-electron chi connectivity index (χ3n) is 4.26. The third-order valence-corrected chi connectivity index (χ3v) is 4.76. The summed E-state index contributed by atoms with van der Waals surface area (Å²) in [6.07, 6.45) is 2.79. The van der Waals surface area contributed by atoms with Gasteiger partial charge in [-0.2, -0.15) is 0 Å². The van der Waals surface area contributed by atoms with E-state index in [1.54, 1.807) is 12.3 Å². The second-order valence-electron chi connectivity index (χ2n) is 5.90. The zero-order valence-electron chi connectivity index (χ0n) is 13.4. The van der Waals surface area contributed by atoms with Crippen molar-refractivity contribution in [2.75, 3.05) is 16.8 Å². The van der Waals surface area contributed by atoms with Gasteiger partial charge < -0.3 is 10.2 Å². The number of pyridine rings is 1. The molecular weight excluding hydrogens is 378 g/mol. The van der Waals surface area contributed by atoms with E-state index in [4.69, 9.17) is 0 Å². The van der Waals surface area contributed by atoms with Gasteiger partial charge in [0.2, 0.25) is 0 Å². The van der Waals surface area contributed by atoms with Gasteiger partial charge in [0.15, 0.2) is 0 Å². The summed E-state index contributed by atoms with van der Waals surface area (Å²) in [5, 5.41) is 2.86. The van der Waals surface area contributed by atoms with Crippen LogP contribution in [0.3, 0.4) is 0 Å². The monoisotopic (exact) mass is 393 g/mol. The van der Waals surface area contributed by atoms with E-state index in [1.165, 1.54) is 11.3 Å². The number of benzene rings is 2. The minimum absolute atomic E-state index is 0.216. The fraction of sp³-hybridized carbons (Fsp3) is 0.100. The summed E-state index contributed by atoms with van der Waals surface area (Å²) in [5.74, 6) is -0.216. The lowest BCUT2D eigenvalue weighted by Crippen LogP contribution is -2.16. The van der Waals surface area contributed by atoms with Crippen molar-refractivity contribution in [1.82, 2.24) is 4.98 Å². The van der Waals surface area contributed by atoms with Crippen LogP contribution in [0.1, 0.15) is 16.1 Å². The highest BCUT2D eigenvalue weighted by molar-refractivity contribution is 9.10. The first kappa shape index (κ1) is 15.8. The van der Waals surface area contributed by atoms with Gasteiger partial charge in [0.25, 0.3) is 5.91 Å². The van der Waals surface area contributed by atoms with Crippen LogP contribution in [0.4, 0.5) is 17.1 Å². The smallest absolute Gasteiger partial charge is 0.274 e. The molecule has 0 unspecified atom stereocenters. The van der Waals surface area contributed by atoms with Gasteiger partial charge in [-0.15, -0.1) is 0 Å². The molecule has 2 heterocycles. The van der Waals surface area contributed by atoms with Crippen LogP contribution in [0.15, 0.2) is 71.3 Å². The Kier molecular flexibility index (Phi) is 4.24. The van der Waals surface area contributed by atoms with E-state index in [0.717, 1.165) is 28.8 Å². The van der Waals surface area contributed by atoms with Crippen molar-refractivity contribution in [2.45, 2.75) is 6.42 Å². The Hall–Kier alpha value is -2.66. The van der Waals surface area contributed by atoms with Crippen LogP contribution in [0.2, 0.25) is 0 Å². The highest BCUT2D eigenvalue weighted by Crippen LogP contribution is 2.33. The van der Waals surface area contributed by atoms with Crippen LogP contribution in [0.5, 0.6) is 0 Å². The lowest BCUT2D eigenvalue weighted by Gasteiger charge is -2.19. The molecular formula is C20H16BrN3O. The Morgan fingerprint density at radius 1 is 1.08 bits per heavy atom. The van der Waals surface area contributed by atoms with Gasteiger partial charge in [0.1, 0.15) is 5.69 Å². The van der Waals surface area contributed by atoms with E-state index in [0.29, 0.717) is 5.69 Å². The topological polar surface area (TPSA) is 45.2 Å². The quantitative estimate of drug-likeness (QED) is 0.695. The molecule has 0 bridgehead atoms. The largest absolute Gasteiger partial charge is 0.340 e. The fourth-order valence-electron chi connectivity index (χ4n) is 3.05. The molecule has 0 saturated carbocycles. The minimum atomic E-state index is -0.216. The number of rotatable bonds is 3. The Labute approximate surface area is 154 Å². The highest BCUT2D eigenvalue weighted by atomic mass is 79.9. The van der Waals surface area contributed by atoms with E-state index in [1.807, 2.05) is 36.4 Å². The zero-order valence-corrected chi connectivity index (χ0v) is 15.0. The second-order valence-corrected chi connectivity index (χ2v) is 6.81. The van der Waals surface area contributed by atoms with E-state index in [9.17, 15) is 4.79 Å². The van der Waals surface area contributed by atoms with Gasteiger partial charge in [-0.05, 0) is 48.4 Å². The molecule has 0 atom stereocenters. The molecule has 1 aromatic heterocycles. The summed E-state index contributed by atoms with van der Waals surface area (Å²) < 4.78 is 0.918. The van der Waals surface area contributed by atoms with E-state index < -0.39 is 0 Å². The van der Waals surface area contributed by atoms with Crippen LogP contribution in [-0.4, -0.2) is 17.4 Å². The number of aromatic nitrogens is 1. The number of nitrogens with zero attached hydrogens (tertiary/aromatic N) is 2. The molecule has 0 fully saturated rings. The molecule has 4 nitrogen and oxygen atoms in total. The van der Waals surface area contributed by atoms with Crippen molar-refractivity contribution >= 4 is 38.9 Å². The van der Waals surface area contributed by atoms with E-state index >= 15 is 0 Å². The molecule has 1 N–H and O–H groups in total. The molecule has 124 valence electrons. The standard InChI is InChI=1S/C20H16BrN3O/c21-15-5-3-6-16(12-15)23-20(25)18-9-8-17(13-22-18)24-11-10-14-4-1-2-7-19(14)24/h1-9,12-13H,10-11H2,(H,23,25). The van der Waals surface area contributed by atoms with Crippen molar-refractivity contribution in [2.24, 2.45) is 0 Å². The average molecular weight is 394 g/mol. The highest BCUT2D eigenvalue weighted by Gasteiger charge is 2.20. The molecule has 0 aliphatic carbocycles. The molecule has 25 heavy (non-hydrogen) atoms. The van der Waals surface area contributed by atoms with Gasteiger partial charge in [0, 0.05) is 22.4 Å². The predicted octanol–water partition coefficient (Wildman–Crippen LogP) is 4.79. The number of carbonyl (C=O) groups is 1. The molecule has 3 aromatic rings. The maximum absolute atomic E-state index is 12.4. The SMILES string of the molecule is O=C(Nc1cccc(Br)c1)c1ccc(N2CCc3ccccc32)cn1. The lowest BCUT2D eigenvalue weighted by atomic mass is 10.2. The van der Waals surface area contributed by atoms with Gasteiger partial charge in [-0.1, -0.05) is 40.2 Å². The normalized spacial score (nSPS) is 12.8. The number of halogens is 1. The van der Waals surface area contributed by atoms with Gasteiger partial charge in [-0.25, -0.2) is 4.98 Å². The van der Waals surface area contributed by atoms with Crippen molar-refractivity contribution in [1.29, 1.82) is 0 Å². The van der Waals surface area contributed by atoms with Crippen molar-refractivity contribution in [3.05, 3.63) is 82.6 Å². The Morgan fingerprint density at radius 3 is 2.76 bits per heavy atom. The summed E-state index contributed by atoms with van der Waals surface area (Å²) in [7, 11) is 0. The van der Waals surface area contributed by atoms with Gasteiger partial charge in [0.05, 0.1) is 11.9 Å². The number of carbonyl (C=O) groups excluding carboxylic acids is 1. The second kappa shape index (κ2) is 6.69. The number of amides is 1. The van der Waals surface area contributed by atoms with Crippen molar-refractivity contribution in [3.8, 4) is 0 Å². The zero-order chi connectivity index (χ0) is 17.2. The van der Waals surface area contributed by atoms with Crippen molar-refractivity contribution < 1.29 is 4.79 Å². The first-order chi connectivity index (χ1) is 12.2. The van der Waals surface area contributed by atoms with Crippen LogP contribution >= 0.6 is 15.9 Å². The van der Waals surface area contributed by atoms with Crippen molar-refractivity contribution in [3.63, 3.8) is 0 Å². The Morgan fingerprint density at radius 2 is 1.96 bits per heavy atom. The van der Waals surface area contributed by atoms with Crippen LogP contribution in [-0.2, 0) is 6.42 Å². The molecule has 0 saturated heterocycles. The first-order valence-electron chi connectivity index (χ1n) is 8.09. The molecule has 2 aromatic carbocycles. The molecule has 1 aliphatic rings. The van der Waals surface area contributed by atoms with Crippen LogP contribution in [0, 0.1) is 0 Å². The number of para-hydroxylation sites is 1. The molecule has 5 heteroatoms. The van der Waals surface area contributed by atoms with Gasteiger partial charge >= 0.3 is 0 Å². The lowest BCUT2D eigenvalue weighted by molar-refractivity contribution is 0.102. The van der Waals surface area contributed by atoms with Crippen LogP contribution < -0.4 is 10.2 Å². The number of nitrogens with one attached hydrogen (secondary N) is 1. The minimum Gasteiger partial charge on any atom is -0.340 e. The van der Waals surface area contributed by atoms with Gasteiger partial charge in [-0.3, -0.25) is 4.79 Å². The average Bonchev–Trinajstić information content (AvgIpc) is 3.06. The summed E-state index contributed by atoms with van der Waals surface area (Å²) in [6.45, 7) is 0.935. The number of hydrogen-bond donors (Lipinski definition) is 1. The van der Waals surface area contributed by atoms with E-state index in [2.05, 4.69) is 49.3 Å². The predicted molar refractivity (Wildman–Crippen MR) is 103 cm³/mol. The third kappa shape index (κ3) is 3.28. The number of hydrogen-bond acceptors (Lipinski definition) is 3. The Bertz CT molecular complexity index is 924. The maximum Gasteiger partial charge on any atom is 0.274 e. The molecule has 1 amide bonds. The number of anilines is 3. The first-order valence-corrected chi connectivity index (χ1v) is 8.88. The molecule has 4 rings (SSSR count). The molecule has 0 spiro atoms. The summed E-state index contributed by atoms with van der Waals surface area (Å²) >= 11 is 3.40. The molecule has 0 radical (unpaired) electrons. The summed E-state index contributed by atoms with van der Waals surface area (Å²) in [4.78, 5) is 18.9. The van der Waals surface area contributed by atoms with E-state index in [-0.39, 0.29) is 5.91 Å². The summed E-state index contributed by atoms with van der Waals surface area (Å²) in [6, 6.07) is 19.6.